The molecule has 0 aromatic rings. The Kier molecular flexibility index (Phi) is 6.68. The number of aliphatic carboxylic acids is 1. The minimum Gasteiger partial charge on any atom is -0.481 e. The van der Waals surface area contributed by atoms with Crippen LogP contribution in [0.4, 0.5) is 4.79 Å². The Bertz CT molecular complexity index is 286. The molecule has 0 aliphatic rings. The van der Waals surface area contributed by atoms with Crippen molar-refractivity contribution in [2.45, 2.75) is 39.7 Å². The van der Waals surface area contributed by atoms with E-state index >= 15 is 0 Å². The molecule has 0 radical (unpaired) electrons. The lowest BCUT2D eigenvalue weighted by molar-refractivity contribution is -0.141. The Balaban J connectivity index is 4.32. The number of urea groups is 1. The van der Waals surface area contributed by atoms with Crippen molar-refractivity contribution in [1.82, 2.24) is 10.2 Å². The molecular weight excluding hydrogens is 236 g/mol. The van der Waals surface area contributed by atoms with E-state index in [1.54, 1.807) is 27.7 Å². The average molecular weight is 260 g/mol. The van der Waals surface area contributed by atoms with Crippen LogP contribution in [-0.2, 0) is 4.79 Å². The van der Waals surface area contributed by atoms with Crippen LogP contribution in [0.3, 0.4) is 0 Å². The van der Waals surface area contributed by atoms with Crippen LogP contribution in [0.1, 0.15) is 34.1 Å². The molecule has 0 aromatic carbocycles. The minimum absolute atomic E-state index is 0.104. The highest BCUT2D eigenvalue weighted by atomic mass is 16.4. The van der Waals surface area contributed by atoms with Crippen LogP contribution in [0, 0.1) is 5.92 Å². The van der Waals surface area contributed by atoms with Crippen molar-refractivity contribution >= 4 is 12.0 Å². The summed E-state index contributed by atoms with van der Waals surface area (Å²) in [4.78, 5) is 24.1. The van der Waals surface area contributed by atoms with Gasteiger partial charge in [-0.1, -0.05) is 6.92 Å². The third kappa shape index (κ3) is 6.44. The van der Waals surface area contributed by atoms with Crippen molar-refractivity contribution in [3.8, 4) is 0 Å². The fourth-order valence-corrected chi connectivity index (χ4v) is 1.52. The molecule has 0 saturated carbocycles. The van der Waals surface area contributed by atoms with Gasteiger partial charge in [0, 0.05) is 13.1 Å². The number of carboxylic acid groups (broad SMARTS) is 1. The zero-order valence-electron chi connectivity index (χ0n) is 11.6. The van der Waals surface area contributed by atoms with Gasteiger partial charge < -0.3 is 20.4 Å². The second kappa shape index (κ2) is 7.20. The summed E-state index contributed by atoms with van der Waals surface area (Å²) in [6.45, 7) is 7.58. The summed E-state index contributed by atoms with van der Waals surface area (Å²) in [5, 5.41) is 21.1. The summed E-state index contributed by atoms with van der Waals surface area (Å²) >= 11 is 0. The first kappa shape index (κ1) is 16.7. The van der Waals surface area contributed by atoms with Gasteiger partial charge in [-0.2, -0.15) is 0 Å². The molecule has 0 saturated heterocycles. The topological polar surface area (TPSA) is 89.9 Å². The maximum absolute atomic E-state index is 11.8. The highest BCUT2D eigenvalue weighted by molar-refractivity contribution is 5.76. The molecule has 18 heavy (non-hydrogen) atoms. The Labute approximate surface area is 108 Å². The van der Waals surface area contributed by atoms with Gasteiger partial charge in [0.25, 0.3) is 0 Å². The van der Waals surface area contributed by atoms with Crippen LogP contribution in [0.15, 0.2) is 0 Å². The molecule has 2 amide bonds. The van der Waals surface area contributed by atoms with Crippen molar-refractivity contribution in [3.05, 3.63) is 0 Å². The van der Waals surface area contributed by atoms with Gasteiger partial charge in [0.2, 0.25) is 0 Å². The van der Waals surface area contributed by atoms with E-state index in [2.05, 4.69) is 5.32 Å². The molecular formula is C12H24N2O4. The van der Waals surface area contributed by atoms with E-state index in [-0.39, 0.29) is 19.1 Å². The van der Waals surface area contributed by atoms with Crippen molar-refractivity contribution in [3.63, 3.8) is 0 Å². The van der Waals surface area contributed by atoms with Crippen LogP contribution in [0.5, 0.6) is 0 Å². The number of nitrogens with zero attached hydrogens (tertiary/aromatic N) is 1. The van der Waals surface area contributed by atoms with Gasteiger partial charge in [0.15, 0.2) is 0 Å². The Morgan fingerprint density at radius 2 is 1.89 bits per heavy atom. The van der Waals surface area contributed by atoms with Crippen LogP contribution < -0.4 is 5.32 Å². The normalized spacial score (nSPS) is 12.9. The first-order chi connectivity index (χ1) is 8.21. The summed E-state index contributed by atoms with van der Waals surface area (Å²) in [5.74, 6) is -1.49. The number of carboxylic acids is 1. The summed E-state index contributed by atoms with van der Waals surface area (Å²) < 4.78 is 0. The van der Waals surface area contributed by atoms with Gasteiger partial charge in [0.1, 0.15) is 0 Å². The average Bonchev–Trinajstić information content (AvgIpc) is 2.24. The van der Waals surface area contributed by atoms with Gasteiger partial charge in [-0.25, -0.2) is 4.79 Å². The maximum Gasteiger partial charge on any atom is 0.317 e. The molecule has 0 fully saturated rings. The monoisotopic (exact) mass is 260 g/mol. The molecule has 1 unspecified atom stereocenters. The predicted molar refractivity (Wildman–Crippen MR) is 68.4 cm³/mol. The zero-order valence-corrected chi connectivity index (χ0v) is 11.6. The van der Waals surface area contributed by atoms with E-state index in [1.807, 2.05) is 0 Å². The molecule has 106 valence electrons. The fourth-order valence-electron chi connectivity index (χ4n) is 1.52. The Morgan fingerprint density at radius 1 is 1.33 bits per heavy atom. The fraction of sp³-hybridized carbons (Fsp3) is 0.833. The lowest BCUT2D eigenvalue weighted by Gasteiger charge is -2.28. The highest BCUT2D eigenvalue weighted by Gasteiger charge is 2.22. The van der Waals surface area contributed by atoms with E-state index in [0.29, 0.717) is 13.0 Å². The molecule has 0 heterocycles. The van der Waals surface area contributed by atoms with Crippen LogP contribution >= 0.6 is 0 Å². The molecule has 6 nitrogen and oxygen atoms in total. The van der Waals surface area contributed by atoms with Gasteiger partial charge in [0.05, 0.1) is 18.1 Å². The molecule has 3 N–H and O–H groups in total. The Hall–Kier alpha value is -1.30. The van der Waals surface area contributed by atoms with E-state index in [4.69, 9.17) is 5.11 Å². The van der Waals surface area contributed by atoms with E-state index in [9.17, 15) is 14.7 Å². The van der Waals surface area contributed by atoms with Gasteiger partial charge in [-0.3, -0.25) is 4.79 Å². The van der Waals surface area contributed by atoms with Crippen LogP contribution in [-0.4, -0.2) is 52.3 Å². The van der Waals surface area contributed by atoms with Gasteiger partial charge in [-0.15, -0.1) is 0 Å². The Morgan fingerprint density at radius 3 is 2.22 bits per heavy atom. The molecule has 1 atom stereocenters. The first-order valence-corrected chi connectivity index (χ1v) is 6.19. The minimum atomic E-state index is -0.968. The van der Waals surface area contributed by atoms with Crippen molar-refractivity contribution < 1.29 is 19.8 Å². The number of carbonyl (C=O) groups is 2. The molecule has 6 heteroatoms. The number of nitrogens with one attached hydrogen (secondary N) is 1. The second-order valence-electron chi connectivity index (χ2n) is 4.96. The summed E-state index contributed by atoms with van der Waals surface area (Å²) in [6, 6.07) is -0.348. The third-order valence-electron chi connectivity index (χ3n) is 2.59. The van der Waals surface area contributed by atoms with E-state index in [0.717, 1.165) is 0 Å². The van der Waals surface area contributed by atoms with E-state index < -0.39 is 17.5 Å². The summed E-state index contributed by atoms with van der Waals surface area (Å²) in [7, 11) is 0. The number of rotatable bonds is 7. The SMILES string of the molecule is CCC(CNC(=O)N(CC)CC(C)(C)O)C(=O)O. The van der Waals surface area contributed by atoms with Crippen molar-refractivity contribution in [1.29, 1.82) is 0 Å². The number of hydrogen-bond donors (Lipinski definition) is 3. The quantitative estimate of drug-likeness (QED) is 0.634. The standard InChI is InChI=1S/C12H24N2O4/c1-5-9(10(15)16)7-13-11(17)14(6-2)8-12(3,4)18/h9,18H,5-8H2,1-4H3,(H,13,17)(H,15,16). The zero-order chi connectivity index (χ0) is 14.3. The molecule has 0 spiro atoms. The van der Waals surface area contributed by atoms with Gasteiger partial charge >= 0.3 is 12.0 Å². The van der Waals surface area contributed by atoms with E-state index in [1.165, 1.54) is 4.90 Å². The predicted octanol–water partition coefficient (Wildman–Crippen LogP) is 0.900. The molecule has 0 aliphatic heterocycles. The first-order valence-electron chi connectivity index (χ1n) is 6.19. The van der Waals surface area contributed by atoms with Crippen LogP contribution in [0.25, 0.3) is 0 Å². The van der Waals surface area contributed by atoms with Gasteiger partial charge in [-0.05, 0) is 27.2 Å². The third-order valence-corrected chi connectivity index (χ3v) is 2.59. The molecule has 0 rings (SSSR count). The lowest BCUT2D eigenvalue weighted by atomic mass is 10.1. The summed E-state index contributed by atoms with van der Waals surface area (Å²) in [6.07, 6.45) is 0.466. The number of aliphatic hydroxyl groups is 1. The largest absolute Gasteiger partial charge is 0.481 e. The van der Waals surface area contributed by atoms with Crippen molar-refractivity contribution in [2.24, 2.45) is 5.92 Å². The number of carbonyl (C=O) groups excluding carboxylic acids is 1. The number of amides is 2. The number of likely N-dealkylation sites (N-methyl/N-ethyl adjacent to an activating group) is 1. The molecule has 0 aromatic heterocycles. The molecule has 0 bridgehead atoms. The second-order valence-corrected chi connectivity index (χ2v) is 4.96. The van der Waals surface area contributed by atoms with Crippen LogP contribution in [0.2, 0.25) is 0 Å². The summed E-state index contributed by atoms with van der Waals surface area (Å²) in [5.41, 5.74) is -0.968. The van der Waals surface area contributed by atoms with Crippen molar-refractivity contribution in [2.75, 3.05) is 19.6 Å². The maximum atomic E-state index is 11.8. The number of hydrogen-bond acceptors (Lipinski definition) is 3. The lowest BCUT2D eigenvalue weighted by Crippen LogP contribution is -2.48. The molecule has 0 aliphatic carbocycles. The smallest absolute Gasteiger partial charge is 0.317 e. The highest BCUT2D eigenvalue weighted by Crippen LogP contribution is 2.06.